The van der Waals surface area contributed by atoms with Crippen LogP contribution in [0, 0.1) is 0 Å². The first-order valence-corrected chi connectivity index (χ1v) is 7.06. The number of thioether (sulfide) groups is 1. The Balaban J connectivity index is 2.21. The predicted molar refractivity (Wildman–Crippen MR) is 74.5 cm³/mol. The van der Waals surface area contributed by atoms with E-state index in [-0.39, 0.29) is 0 Å². The van der Waals surface area contributed by atoms with Crippen LogP contribution in [0.3, 0.4) is 0 Å². The van der Waals surface area contributed by atoms with Crippen LogP contribution in [0.1, 0.15) is 0 Å². The molecular weight excluding hydrogens is 254 g/mol. The Morgan fingerprint density at radius 1 is 1.47 bits per heavy atom. The lowest BCUT2D eigenvalue weighted by molar-refractivity contribution is 0.437. The van der Waals surface area contributed by atoms with E-state index in [1.807, 2.05) is 5.38 Å². The summed E-state index contributed by atoms with van der Waals surface area (Å²) in [6.07, 6.45) is 0. The number of nitrogen functional groups attached to an aromatic ring is 1. The molecule has 0 unspecified atom stereocenters. The number of nitrogens with two attached hydrogens (primary N) is 1. The molecule has 0 aromatic carbocycles. The Morgan fingerprint density at radius 3 is 3.00 bits per heavy atom. The van der Waals surface area contributed by atoms with E-state index in [2.05, 4.69) is 40.5 Å². The fraction of sp³-hybridized carbons (Fsp3) is 0.400. The largest absolute Gasteiger partial charge is 0.309 e. The van der Waals surface area contributed by atoms with Gasteiger partial charge in [-0.3, -0.25) is 5.43 Å². The van der Waals surface area contributed by atoms with Gasteiger partial charge >= 0.3 is 0 Å². The van der Waals surface area contributed by atoms with E-state index >= 15 is 0 Å². The fourth-order valence-corrected chi connectivity index (χ4v) is 3.28. The van der Waals surface area contributed by atoms with Crippen molar-refractivity contribution in [1.29, 1.82) is 0 Å². The van der Waals surface area contributed by atoms with Crippen LogP contribution in [0.25, 0.3) is 10.2 Å². The number of rotatable bonds is 5. The topological polar surface area (TPSA) is 67.1 Å². The van der Waals surface area contributed by atoms with E-state index < -0.39 is 0 Å². The van der Waals surface area contributed by atoms with Crippen molar-refractivity contribution in [3.8, 4) is 0 Å². The van der Waals surface area contributed by atoms with Crippen molar-refractivity contribution in [1.82, 2.24) is 14.9 Å². The first-order valence-electron chi connectivity index (χ1n) is 5.20. The minimum atomic E-state index is 0.479. The smallest absolute Gasteiger partial charge is 0.239 e. The number of nitrogens with zero attached hydrogens (tertiary/aromatic N) is 3. The van der Waals surface area contributed by atoms with Gasteiger partial charge < -0.3 is 4.90 Å². The Labute approximate surface area is 108 Å². The molecule has 0 aliphatic heterocycles. The summed E-state index contributed by atoms with van der Waals surface area (Å²) in [5.41, 5.74) is 2.51. The highest BCUT2D eigenvalue weighted by atomic mass is 32.2. The average Bonchev–Trinajstić information content (AvgIpc) is 2.76. The van der Waals surface area contributed by atoms with E-state index in [4.69, 9.17) is 5.84 Å². The Kier molecular flexibility index (Phi) is 4.16. The van der Waals surface area contributed by atoms with Gasteiger partial charge in [0.1, 0.15) is 9.86 Å². The molecule has 0 radical (unpaired) electrons. The fourth-order valence-electron chi connectivity index (χ4n) is 1.33. The van der Waals surface area contributed by atoms with Crippen LogP contribution in [0.4, 0.5) is 5.95 Å². The Hall–Kier alpha value is -0.890. The molecular formula is C10H15N5S2. The van der Waals surface area contributed by atoms with Crippen molar-refractivity contribution >= 4 is 39.3 Å². The first-order chi connectivity index (χ1) is 8.20. The van der Waals surface area contributed by atoms with Crippen LogP contribution < -0.4 is 11.3 Å². The zero-order valence-electron chi connectivity index (χ0n) is 9.80. The highest BCUT2D eigenvalue weighted by Crippen LogP contribution is 2.29. The molecule has 2 heterocycles. The predicted octanol–water partition coefficient (Wildman–Crippen LogP) is 1.63. The summed E-state index contributed by atoms with van der Waals surface area (Å²) in [5, 5.41) is 4.12. The van der Waals surface area contributed by atoms with Crippen molar-refractivity contribution in [2.24, 2.45) is 5.84 Å². The van der Waals surface area contributed by atoms with E-state index in [1.54, 1.807) is 23.1 Å². The SMILES string of the molecule is CN(C)CCSc1nc(NN)nc2sccc12. The van der Waals surface area contributed by atoms with Gasteiger partial charge in [-0.05, 0) is 25.5 Å². The lowest BCUT2D eigenvalue weighted by atomic mass is 10.4. The summed E-state index contributed by atoms with van der Waals surface area (Å²) >= 11 is 3.33. The third-order valence-corrected chi connectivity index (χ3v) is 3.97. The van der Waals surface area contributed by atoms with Gasteiger partial charge in [0, 0.05) is 17.7 Å². The molecule has 0 bridgehead atoms. The Morgan fingerprint density at radius 2 is 2.29 bits per heavy atom. The first kappa shape index (κ1) is 12.6. The Bertz CT molecular complexity index is 496. The number of hydrogen-bond donors (Lipinski definition) is 2. The van der Waals surface area contributed by atoms with Gasteiger partial charge in [-0.2, -0.15) is 0 Å². The molecule has 17 heavy (non-hydrogen) atoms. The van der Waals surface area contributed by atoms with Crippen LogP contribution in [-0.4, -0.2) is 41.3 Å². The summed E-state index contributed by atoms with van der Waals surface area (Å²) in [5.74, 6) is 6.85. The summed E-state index contributed by atoms with van der Waals surface area (Å²) in [6, 6.07) is 2.05. The van der Waals surface area contributed by atoms with Crippen LogP contribution in [-0.2, 0) is 0 Å². The van der Waals surface area contributed by atoms with Gasteiger partial charge in [0.2, 0.25) is 5.95 Å². The highest BCUT2D eigenvalue weighted by Gasteiger charge is 2.08. The number of thiophene rings is 1. The maximum atomic E-state index is 5.37. The molecule has 0 spiro atoms. The molecule has 0 amide bonds. The average molecular weight is 269 g/mol. The number of aromatic nitrogens is 2. The van der Waals surface area contributed by atoms with Crippen LogP contribution >= 0.6 is 23.1 Å². The third kappa shape index (κ3) is 3.06. The van der Waals surface area contributed by atoms with Gasteiger partial charge in [0.15, 0.2) is 0 Å². The molecule has 0 saturated carbocycles. The highest BCUT2D eigenvalue weighted by molar-refractivity contribution is 7.99. The zero-order chi connectivity index (χ0) is 12.3. The number of anilines is 1. The molecule has 92 valence electrons. The lowest BCUT2D eigenvalue weighted by Crippen LogP contribution is -2.15. The monoisotopic (exact) mass is 269 g/mol. The number of hydrazine groups is 1. The minimum Gasteiger partial charge on any atom is -0.309 e. The molecule has 0 fully saturated rings. The molecule has 0 atom stereocenters. The molecule has 7 heteroatoms. The maximum Gasteiger partial charge on any atom is 0.239 e. The standard InChI is InChI=1S/C10H15N5S2/c1-15(2)4-6-17-9-7-3-5-16-8(7)12-10(13-9)14-11/h3,5H,4,6,11H2,1-2H3,(H,12,13,14). The maximum absolute atomic E-state index is 5.37. The number of hydrogen-bond acceptors (Lipinski definition) is 7. The number of nitrogens with one attached hydrogen (secondary N) is 1. The second-order valence-electron chi connectivity index (χ2n) is 3.79. The van der Waals surface area contributed by atoms with Gasteiger partial charge in [0.25, 0.3) is 0 Å². The zero-order valence-corrected chi connectivity index (χ0v) is 11.4. The third-order valence-electron chi connectivity index (χ3n) is 2.20. The molecule has 2 aromatic heterocycles. The quantitative estimate of drug-likeness (QED) is 0.372. The van der Waals surface area contributed by atoms with E-state index in [1.165, 1.54) is 0 Å². The van der Waals surface area contributed by atoms with Gasteiger partial charge in [-0.25, -0.2) is 15.8 Å². The molecule has 0 aliphatic carbocycles. The molecule has 5 nitrogen and oxygen atoms in total. The second-order valence-corrected chi connectivity index (χ2v) is 5.77. The lowest BCUT2D eigenvalue weighted by Gasteiger charge is -2.09. The van der Waals surface area contributed by atoms with Gasteiger partial charge in [-0.15, -0.1) is 23.1 Å². The van der Waals surface area contributed by atoms with Gasteiger partial charge in [-0.1, -0.05) is 0 Å². The van der Waals surface area contributed by atoms with Crippen LogP contribution in [0.5, 0.6) is 0 Å². The minimum absolute atomic E-state index is 0.479. The van der Waals surface area contributed by atoms with Crippen LogP contribution in [0.2, 0.25) is 0 Å². The van der Waals surface area contributed by atoms with Crippen molar-refractivity contribution in [3.63, 3.8) is 0 Å². The molecule has 0 saturated heterocycles. The summed E-state index contributed by atoms with van der Waals surface area (Å²) in [6.45, 7) is 1.02. The van der Waals surface area contributed by atoms with E-state index in [9.17, 15) is 0 Å². The van der Waals surface area contributed by atoms with Crippen LogP contribution in [0.15, 0.2) is 16.5 Å². The molecule has 3 N–H and O–H groups in total. The number of fused-ring (bicyclic) bond motifs is 1. The summed E-state index contributed by atoms with van der Waals surface area (Å²) in [4.78, 5) is 11.8. The molecule has 2 aromatic rings. The van der Waals surface area contributed by atoms with Crippen molar-refractivity contribution in [3.05, 3.63) is 11.4 Å². The van der Waals surface area contributed by atoms with Gasteiger partial charge in [0.05, 0.1) is 0 Å². The summed E-state index contributed by atoms with van der Waals surface area (Å²) in [7, 11) is 4.13. The van der Waals surface area contributed by atoms with E-state index in [0.29, 0.717) is 5.95 Å². The van der Waals surface area contributed by atoms with Crippen molar-refractivity contribution < 1.29 is 0 Å². The van der Waals surface area contributed by atoms with Crippen molar-refractivity contribution in [2.45, 2.75) is 5.03 Å². The normalized spacial score (nSPS) is 11.3. The van der Waals surface area contributed by atoms with Crippen molar-refractivity contribution in [2.75, 3.05) is 31.8 Å². The van der Waals surface area contributed by atoms with E-state index in [0.717, 1.165) is 27.5 Å². The molecule has 2 rings (SSSR count). The molecule has 0 aliphatic rings. The second kappa shape index (κ2) is 5.63. The summed E-state index contributed by atoms with van der Waals surface area (Å²) < 4.78 is 0.